The van der Waals surface area contributed by atoms with Gasteiger partial charge in [-0.1, -0.05) is 0 Å². The fourth-order valence-electron chi connectivity index (χ4n) is 1.32. The lowest BCUT2D eigenvalue weighted by molar-refractivity contribution is 0.0607. The number of carbonyl (C=O) groups is 2. The predicted molar refractivity (Wildman–Crippen MR) is 77.7 cm³/mol. The van der Waals surface area contributed by atoms with Gasteiger partial charge in [0.1, 0.15) is 4.88 Å². The number of hydrogen-bond acceptors (Lipinski definition) is 7. The average molecular weight is 336 g/mol. The minimum atomic E-state index is -4.21. The van der Waals surface area contributed by atoms with Crippen molar-refractivity contribution in [3.8, 4) is 0 Å². The molecule has 1 amide bonds. The number of anilines is 1. The average Bonchev–Trinajstić information content (AvgIpc) is 2.67. The monoisotopic (exact) mass is 336 g/mol. The van der Waals surface area contributed by atoms with Crippen LogP contribution in [0.1, 0.15) is 29.1 Å². The molecule has 0 unspecified atom stereocenters. The van der Waals surface area contributed by atoms with E-state index in [-0.39, 0.29) is 10.6 Å². The first-order chi connectivity index (χ1) is 9.66. The third kappa shape index (κ3) is 4.90. The van der Waals surface area contributed by atoms with Crippen LogP contribution >= 0.6 is 11.3 Å². The SMILES string of the molecule is COC(=O)c1scc(C)c1NS(=O)(=O)NC(=O)OC(C)C. The maximum atomic E-state index is 11.8. The molecule has 0 aliphatic heterocycles. The van der Waals surface area contributed by atoms with Crippen LogP contribution in [0, 0.1) is 6.92 Å². The van der Waals surface area contributed by atoms with E-state index in [1.54, 1.807) is 30.9 Å². The normalized spacial score (nSPS) is 11.1. The molecule has 1 heterocycles. The van der Waals surface area contributed by atoms with Crippen molar-refractivity contribution < 1.29 is 27.5 Å². The topological polar surface area (TPSA) is 111 Å². The first-order valence-corrected chi connectivity index (χ1v) is 8.20. The largest absolute Gasteiger partial charge is 0.465 e. The van der Waals surface area contributed by atoms with Gasteiger partial charge >= 0.3 is 22.3 Å². The number of aryl methyl sites for hydroxylation is 1. The Hall–Kier alpha value is -1.81. The van der Waals surface area contributed by atoms with Gasteiger partial charge < -0.3 is 9.47 Å². The van der Waals surface area contributed by atoms with Crippen LogP contribution < -0.4 is 9.44 Å². The number of esters is 1. The fraction of sp³-hybridized carbons (Fsp3) is 0.455. The Kier molecular flexibility index (Phi) is 5.55. The molecule has 21 heavy (non-hydrogen) atoms. The van der Waals surface area contributed by atoms with Crippen molar-refractivity contribution in [3.05, 3.63) is 15.8 Å². The van der Waals surface area contributed by atoms with Gasteiger partial charge in [-0.25, -0.2) is 14.3 Å². The number of ether oxygens (including phenoxy) is 2. The Balaban J connectivity index is 2.92. The Labute approximate surface area is 126 Å². The van der Waals surface area contributed by atoms with Crippen LogP contribution in [0.3, 0.4) is 0 Å². The molecule has 1 aromatic heterocycles. The first-order valence-electron chi connectivity index (χ1n) is 5.84. The van der Waals surface area contributed by atoms with E-state index in [1.807, 2.05) is 0 Å². The second kappa shape index (κ2) is 6.76. The molecule has 8 nitrogen and oxygen atoms in total. The summed E-state index contributed by atoms with van der Waals surface area (Å²) in [5.41, 5.74) is 0.597. The summed E-state index contributed by atoms with van der Waals surface area (Å²) in [5, 5.41) is 1.59. The molecule has 0 fully saturated rings. The third-order valence-electron chi connectivity index (χ3n) is 2.14. The molecule has 2 N–H and O–H groups in total. The first kappa shape index (κ1) is 17.2. The van der Waals surface area contributed by atoms with E-state index in [0.717, 1.165) is 11.3 Å². The van der Waals surface area contributed by atoms with E-state index in [1.165, 1.54) is 7.11 Å². The molecule has 0 saturated carbocycles. The lowest BCUT2D eigenvalue weighted by Gasteiger charge is -2.12. The van der Waals surface area contributed by atoms with Gasteiger partial charge in [-0.3, -0.25) is 4.72 Å². The zero-order chi connectivity index (χ0) is 16.2. The summed E-state index contributed by atoms with van der Waals surface area (Å²) in [6.45, 7) is 4.78. The summed E-state index contributed by atoms with van der Waals surface area (Å²) in [4.78, 5) is 23.0. The summed E-state index contributed by atoms with van der Waals surface area (Å²) in [6.07, 6.45) is -1.57. The van der Waals surface area contributed by atoms with Crippen molar-refractivity contribution in [1.29, 1.82) is 0 Å². The summed E-state index contributed by atoms with van der Waals surface area (Å²) in [5.74, 6) is -0.671. The number of amides is 1. The second-order valence-electron chi connectivity index (χ2n) is 4.28. The van der Waals surface area contributed by atoms with Crippen LogP contribution in [-0.2, 0) is 19.7 Å². The predicted octanol–water partition coefficient (Wildman–Crippen LogP) is 1.63. The van der Waals surface area contributed by atoms with Gasteiger partial charge in [0.15, 0.2) is 0 Å². The molecule has 0 atom stereocenters. The molecular formula is C11H16N2O6S2. The Morgan fingerprint density at radius 3 is 2.48 bits per heavy atom. The molecule has 1 rings (SSSR count). The summed E-state index contributed by atoms with van der Waals surface area (Å²) in [7, 11) is -3.02. The van der Waals surface area contributed by atoms with Gasteiger partial charge in [-0.2, -0.15) is 8.42 Å². The molecule has 118 valence electrons. The van der Waals surface area contributed by atoms with Gasteiger partial charge in [0.25, 0.3) is 0 Å². The van der Waals surface area contributed by atoms with Gasteiger partial charge in [-0.15, -0.1) is 11.3 Å². The second-order valence-corrected chi connectivity index (χ2v) is 6.57. The van der Waals surface area contributed by atoms with E-state index < -0.39 is 28.4 Å². The van der Waals surface area contributed by atoms with E-state index in [2.05, 4.69) is 14.2 Å². The standard InChI is InChI=1S/C11H16N2O6S2/c1-6(2)19-11(15)13-21(16,17)12-8-7(3)5-20-9(8)10(14)18-4/h5-6,12H,1-4H3,(H,13,15). The van der Waals surface area contributed by atoms with Crippen molar-refractivity contribution in [2.75, 3.05) is 11.8 Å². The smallest absolute Gasteiger partial charge is 0.422 e. The van der Waals surface area contributed by atoms with Crippen LogP contribution in [0.15, 0.2) is 5.38 Å². The van der Waals surface area contributed by atoms with Gasteiger partial charge in [-0.05, 0) is 31.7 Å². The highest BCUT2D eigenvalue weighted by Gasteiger charge is 2.23. The van der Waals surface area contributed by atoms with Crippen LogP contribution in [-0.4, -0.2) is 33.7 Å². The summed E-state index contributed by atoms with van der Waals surface area (Å²) < 4.78 is 36.7. The number of hydrogen-bond donors (Lipinski definition) is 2. The van der Waals surface area contributed by atoms with Crippen LogP contribution in [0.4, 0.5) is 10.5 Å². The minimum absolute atomic E-state index is 0.0664. The number of thiophene rings is 1. The molecule has 10 heteroatoms. The number of carbonyl (C=O) groups excluding carboxylic acids is 2. The van der Waals surface area contributed by atoms with Crippen LogP contribution in [0.25, 0.3) is 0 Å². The van der Waals surface area contributed by atoms with E-state index in [9.17, 15) is 18.0 Å². The van der Waals surface area contributed by atoms with Crippen molar-refractivity contribution in [3.63, 3.8) is 0 Å². The highest BCUT2D eigenvalue weighted by atomic mass is 32.2. The lowest BCUT2D eigenvalue weighted by atomic mass is 10.3. The van der Waals surface area contributed by atoms with Crippen molar-refractivity contribution in [2.24, 2.45) is 0 Å². The molecule has 1 aromatic rings. The Bertz CT molecular complexity index is 635. The number of methoxy groups -OCH3 is 1. The molecule has 0 spiro atoms. The lowest BCUT2D eigenvalue weighted by Crippen LogP contribution is -2.37. The van der Waals surface area contributed by atoms with Gasteiger partial charge in [0.05, 0.1) is 18.9 Å². The molecule has 0 aliphatic carbocycles. The summed E-state index contributed by atoms with van der Waals surface area (Å²) >= 11 is 1.03. The van der Waals surface area contributed by atoms with Crippen molar-refractivity contribution >= 4 is 39.3 Å². The molecule has 0 bridgehead atoms. The zero-order valence-electron chi connectivity index (χ0n) is 11.9. The van der Waals surface area contributed by atoms with Crippen molar-refractivity contribution in [1.82, 2.24) is 4.72 Å². The summed E-state index contributed by atoms with van der Waals surface area (Å²) in [6, 6.07) is 0. The quantitative estimate of drug-likeness (QED) is 0.791. The number of nitrogens with one attached hydrogen (secondary N) is 2. The van der Waals surface area contributed by atoms with Gasteiger partial charge in [0, 0.05) is 0 Å². The van der Waals surface area contributed by atoms with E-state index in [4.69, 9.17) is 0 Å². The maximum absolute atomic E-state index is 11.8. The highest BCUT2D eigenvalue weighted by Crippen LogP contribution is 2.28. The van der Waals surface area contributed by atoms with Crippen molar-refractivity contribution in [2.45, 2.75) is 26.9 Å². The molecule has 0 radical (unpaired) electrons. The van der Waals surface area contributed by atoms with Crippen LogP contribution in [0.2, 0.25) is 0 Å². The molecule has 0 aromatic carbocycles. The Morgan fingerprint density at radius 1 is 1.33 bits per heavy atom. The maximum Gasteiger partial charge on any atom is 0.422 e. The number of rotatable bonds is 5. The zero-order valence-corrected chi connectivity index (χ0v) is 13.6. The minimum Gasteiger partial charge on any atom is -0.465 e. The molecule has 0 aliphatic rings. The van der Waals surface area contributed by atoms with Crippen LogP contribution in [0.5, 0.6) is 0 Å². The van der Waals surface area contributed by atoms with E-state index >= 15 is 0 Å². The van der Waals surface area contributed by atoms with Gasteiger partial charge in [0.2, 0.25) is 0 Å². The highest BCUT2D eigenvalue weighted by molar-refractivity contribution is 7.91. The third-order valence-corrected chi connectivity index (χ3v) is 4.13. The van der Waals surface area contributed by atoms with E-state index in [0.29, 0.717) is 5.56 Å². The molecule has 0 saturated heterocycles. The molecular weight excluding hydrogens is 320 g/mol. The fourth-order valence-corrected chi connectivity index (χ4v) is 3.16. The Morgan fingerprint density at radius 2 is 1.95 bits per heavy atom.